The summed E-state index contributed by atoms with van der Waals surface area (Å²) in [7, 11) is 1.62. The largest absolute Gasteiger partial charge is 0.369 e. The Morgan fingerprint density at radius 3 is 2.50 bits per heavy atom. The molecule has 3 atom stereocenters. The Morgan fingerprint density at radius 1 is 1.09 bits per heavy atom. The number of ether oxygens (including phenoxy) is 1. The van der Waals surface area contributed by atoms with E-state index in [1.807, 2.05) is 53.1 Å². The van der Waals surface area contributed by atoms with Gasteiger partial charge in [-0.25, -0.2) is 0 Å². The van der Waals surface area contributed by atoms with E-state index in [9.17, 15) is 4.79 Å². The molecule has 112 valence electrons. The minimum Gasteiger partial charge on any atom is -0.369 e. The van der Waals surface area contributed by atoms with Crippen molar-refractivity contribution in [1.82, 2.24) is 0 Å². The zero-order valence-corrected chi connectivity index (χ0v) is 13.3. The van der Waals surface area contributed by atoms with Crippen molar-refractivity contribution >= 4 is 23.4 Å². The summed E-state index contributed by atoms with van der Waals surface area (Å²) < 4.78 is 5.28. The number of carbonyl (C=O) groups is 1. The van der Waals surface area contributed by atoms with E-state index < -0.39 is 0 Å². The number of hydrogen-bond acceptors (Lipinski definition) is 3. The van der Waals surface area contributed by atoms with Gasteiger partial charge in [0, 0.05) is 12.0 Å². The van der Waals surface area contributed by atoms with E-state index in [2.05, 4.69) is 25.1 Å². The summed E-state index contributed by atoms with van der Waals surface area (Å²) in [6.45, 7) is 2.21. The number of hydrogen-bond donors (Lipinski definition) is 0. The van der Waals surface area contributed by atoms with Gasteiger partial charge in [0.2, 0.25) is 0 Å². The molecule has 2 heterocycles. The monoisotopic (exact) mass is 311 g/mol. The van der Waals surface area contributed by atoms with Crippen molar-refractivity contribution in [1.29, 1.82) is 0 Å². The first-order valence-corrected chi connectivity index (χ1v) is 8.18. The molecule has 22 heavy (non-hydrogen) atoms. The van der Waals surface area contributed by atoms with Crippen LogP contribution in [0.15, 0.2) is 59.5 Å². The number of benzene rings is 2. The summed E-state index contributed by atoms with van der Waals surface area (Å²) in [5.41, 5.74) is 2.23. The Kier molecular flexibility index (Phi) is 3.06. The Morgan fingerprint density at radius 2 is 1.77 bits per heavy atom. The standard InChI is InChI=1S/C18H17NO2S/c1-18(12-8-4-3-5-9-12)16-15(21-2)17(20)19(16)13-10-6-7-11-14(13)22-18/h3-11,15-16H,1-2H3/t15-,16+,18-/m0/s1. The summed E-state index contributed by atoms with van der Waals surface area (Å²) in [5, 5.41) is 0. The Balaban J connectivity index is 1.88. The lowest BCUT2D eigenvalue weighted by Crippen LogP contribution is -2.73. The molecule has 2 aliphatic rings. The molecule has 0 N–H and O–H groups in total. The summed E-state index contributed by atoms with van der Waals surface area (Å²) >= 11 is 1.82. The zero-order chi connectivity index (χ0) is 15.3. The Bertz CT molecular complexity index is 733. The van der Waals surface area contributed by atoms with Gasteiger partial charge in [-0.05, 0) is 24.6 Å². The first-order chi connectivity index (χ1) is 10.7. The van der Waals surface area contributed by atoms with Gasteiger partial charge in [-0.3, -0.25) is 4.79 Å². The van der Waals surface area contributed by atoms with Crippen molar-refractivity contribution in [2.75, 3.05) is 12.0 Å². The van der Waals surface area contributed by atoms with Crippen LogP contribution in [-0.2, 0) is 14.3 Å². The fourth-order valence-electron chi connectivity index (χ4n) is 3.53. The number of rotatable bonds is 2. The summed E-state index contributed by atoms with van der Waals surface area (Å²) in [6, 6.07) is 18.5. The maximum Gasteiger partial charge on any atom is 0.258 e. The number of para-hydroxylation sites is 1. The second-order valence-corrected chi connectivity index (χ2v) is 7.34. The molecule has 0 saturated carbocycles. The fourth-order valence-corrected chi connectivity index (χ4v) is 5.00. The normalized spacial score (nSPS) is 29.5. The average Bonchev–Trinajstić information content (AvgIpc) is 2.55. The van der Waals surface area contributed by atoms with Gasteiger partial charge < -0.3 is 9.64 Å². The summed E-state index contributed by atoms with van der Waals surface area (Å²) in [6.07, 6.45) is -0.369. The van der Waals surface area contributed by atoms with Crippen molar-refractivity contribution < 1.29 is 9.53 Å². The molecule has 0 bridgehead atoms. The lowest BCUT2D eigenvalue weighted by molar-refractivity contribution is -0.141. The quantitative estimate of drug-likeness (QED) is 0.796. The highest BCUT2D eigenvalue weighted by molar-refractivity contribution is 8.00. The van der Waals surface area contributed by atoms with Crippen LogP contribution in [0.1, 0.15) is 12.5 Å². The van der Waals surface area contributed by atoms with E-state index in [-0.39, 0.29) is 22.8 Å². The molecule has 1 amide bonds. The molecule has 2 aromatic carbocycles. The van der Waals surface area contributed by atoms with Crippen LogP contribution >= 0.6 is 11.8 Å². The molecule has 2 aliphatic heterocycles. The van der Waals surface area contributed by atoms with Crippen LogP contribution < -0.4 is 4.90 Å². The van der Waals surface area contributed by atoms with E-state index in [1.54, 1.807) is 7.11 Å². The van der Waals surface area contributed by atoms with Crippen LogP contribution in [0, 0.1) is 0 Å². The molecule has 1 saturated heterocycles. The Labute approximate surface area is 134 Å². The molecular formula is C18H17NO2S. The molecule has 3 nitrogen and oxygen atoms in total. The lowest BCUT2D eigenvalue weighted by Gasteiger charge is -2.57. The van der Waals surface area contributed by atoms with Crippen molar-refractivity contribution in [2.45, 2.75) is 28.7 Å². The van der Waals surface area contributed by atoms with E-state index >= 15 is 0 Å². The van der Waals surface area contributed by atoms with Gasteiger partial charge in [-0.1, -0.05) is 42.5 Å². The number of carbonyl (C=O) groups excluding carboxylic acids is 1. The third kappa shape index (κ3) is 1.71. The zero-order valence-electron chi connectivity index (χ0n) is 12.5. The van der Waals surface area contributed by atoms with Crippen molar-refractivity contribution in [3.05, 3.63) is 60.2 Å². The number of thioether (sulfide) groups is 1. The molecule has 0 aromatic heterocycles. The maximum absolute atomic E-state index is 12.5. The van der Waals surface area contributed by atoms with Gasteiger partial charge in [0.1, 0.15) is 0 Å². The average molecular weight is 311 g/mol. The van der Waals surface area contributed by atoms with Gasteiger partial charge in [-0.2, -0.15) is 0 Å². The molecule has 4 rings (SSSR count). The van der Waals surface area contributed by atoms with Gasteiger partial charge in [0.15, 0.2) is 6.10 Å². The molecule has 0 spiro atoms. The minimum atomic E-state index is -0.369. The molecular weight excluding hydrogens is 294 g/mol. The number of fused-ring (bicyclic) bond motifs is 3. The summed E-state index contributed by atoms with van der Waals surface area (Å²) in [5.74, 6) is 0.0578. The Hall–Kier alpha value is -1.78. The highest BCUT2D eigenvalue weighted by Gasteiger charge is 2.61. The van der Waals surface area contributed by atoms with Gasteiger partial charge in [0.05, 0.1) is 16.5 Å². The maximum atomic E-state index is 12.5. The van der Waals surface area contributed by atoms with Crippen molar-refractivity contribution in [3.8, 4) is 0 Å². The molecule has 0 radical (unpaired) electrons. The predicted molar refractivity (Wildman–Crippen MR) is 88.2 cm³/mol. The third-order valence-corrected chi connectivity index (χ3v) is 6.12. The van der Waals surface area contributed by atoms with Crippen LogP contribution in [0.25, 0.3) is 0 Å². The van der Waals surface area contributed by atoms with E-state index in [1.165, 1.54) is 5.56 Å². The third-order valence-electron chi connectivity index (χ3n) is 4.66. The smallest absolute Gasteiger partial charge is 0.258 e. The van der Waals surface area contributed by atoms with Gasteiger partial charge >= 0.3 is 0 Å². The minimum absolute atomic E-state index is 0.0206. The molecule has 2 aromatic rings. The summed E-state index contributed by atoms with van der Waals surface area (Å²) in [4.78, 5) is 15.6. The van der Waals surface area contributed by atoms with Crippen LogP contribution in [0.3, 0.4) is 0 Å². The molecule has 0 aliphatic carbocycles. The number of amides is 1. The van der Waals surface area contributed by atoms with E-state index in [4.69, 9.17) is 4.74 Å². The van der Waals surface area contributed by atoms with E-state index in [0.29, 0.717) is 0 Å². The van der Waals surface area contributed by atoms with Gasteiger partial charge in [-0.15, -0.1) is 11.8 Å². The van der Waals surface area contributed by atoms with Crippen molar-refractivity contribution in [3.63, 3.8) is 0 Å². The van der Waals surface area contributed by atoms with Crippen molar-refractivity contribution in [2.24, 2.45) is 0 Å². The topological polar surface area (TPSA) is 29.5 Å². The number of methoxy groups -OCH3 is 1. The molecule has 1 fully saturated rings. The predicted octanol–water partition coefficient (Wildman–Crippen LogP) is 3.44. The molecule has 4 heteroatoms. The second kappa shape index (κ2) is 4.86. The highest BCUT2D eigenvalue weighted by atomic mass is 32.2. The van der Waals surface area contributed by atoms with Crippen LogP contribution in [0.2, 0.25) is 0 Å². The number of β-lactam (4-membered cyclic amide) rings is 1. The fraction of sp³-hybridized carbons (Fsp3) is 0.278. The first kappa shape index (κ1) is 13.9. The van der Waals surface area contributed by atoms with Gasteiger partial charge in [0.25, 0.3) is 5.91 Å². The highest BCUT2D eigenvalue weighted by Crippen LogP contribution is 2.57. The first-order valence-electron chi connectivity index (χ1n) is 7.36. The molecule has 0 unspecified atom stereocenters. The van der Waals surface area contributed by atoms with Crippen LogP contribution in [0.5, 0.6) is 0 Å². The van der Waals surface area contributed by atoms with E-state index in [0.717, 1.165) is 10.6 Å². The second-order valence-electron chi connectivity index (χ2n) is 5.85. The lowest BCUT2D eigenvalue weighted by atomic mass is 9.80. The van der Waals surface area contributed by atoms with Crippen LogP contribution in [0.4, 0.5) is 5.69 Å². The SMILES string of the molecule is CO[C@@H]1C(=O)N2c3ccccc3S[C@@](C)(c3ccccc3)[C@@H]12. The van der Waals surface area contributed by atoms with Crippen LogP contribution in [-0.4, -0.2) is 25.2 Å². The number of nitrogens with zero attached hydrogens (tertiary/aromatic N) is 1. The number of anilines is 1.